The normalized spacial score (nSPS) is 22.8. The number of benzene rings is 4. The number of fused-ring (bicyclic) bond motifs is 9. The maximum Gasteiger partial charge on any atom is 0.411 e. The van der Waals surface area contributed by atoms with Crippen molar-refractivity contribution < 1.29 is 53.0 Å². The lowest BCUT2D eigenvalue weighted by molar-refractivity contribution is -0.265. The van der Waals surface area contributed by atoms with Gasteiger partial charge in [0.05, 0.1) is 33.5 Å². The Kier molecular flexibility index (Phi) is 10.7. The van der Waals surface area contributed by atoms with E-state index in [1.165, 1.54) is 19.1 Å². The van der Waals surface area contributed by atoms with E-state index in [-0.39, 0.29) is 61.4 Å². The van der Waals surface area contributed by atoms with Gasteiger partial charge >= 0.3 is 6.09 Å². The van der Waals surface area contributed by atoms with E-state index in [0.717, 1.165) is 16.0 Å². The Morgan fingerprint density at radius 2 is 1.53 bits per heavy atom. The highest BCUT2D eigenvalue weighted by Gasteiger charge is 2.69. The SMILES string of the molecule is COc1c(C)cc2c(c1OCc1ccccc1)[C@H]1N(C(=O)OCC(Cl)(Cl)Cl)[C@@H](C2)C(=O)N2[C@@H](COCc3ccccc3)c3c4c(c(C)c(OC)c3[C@H](O)[C@@]12O)OCO4. The molecule has 0 spiro atoms. The first-order valence-corrected chi connectivity index (χ1v) is 19.7. The van der Waals surface area contributed by atoms with Gasteiger partial charge in [-0.15, -0.1) is 0 Å². The molecule has 5 atom stereocenters. The van der Waals surface area contributed by atoms with Crippen LogP contribution >= 0.6 is 34.8 Å². The van der Waals surface area contributed by atoms with E-state index >= 15 is 4.79 Å². The number of piperazine rings is 1. The molecule has 2 amide bonds. The van der Waals surface area contributed by atoms with Crippen molar-refractivity contribution in [2.75, 3.05) is 34.2 Å². The smallest absolute Gasteiger partial charge is 0.411 e. The molecule has 0 radical (unpaired) electrons. The molecule has 58 heavy (non-hydrogen) atoms. The minimum absolute atomic E-state index is 0.0396. The molecule has 0 aromatic heterocycles. The number of ether oxygens (including phenoxy) is 7. The van der Waals surface area contributed by atoms with Gasteiger partial charge in [0.25, 0.3) is 0 Å². The van der Waals surface area contributed by atoms with Crippen LogP contribution in [0.2, 0.25) is 0 Å². The van der Waals surface area contributed by atoms with Gasteiger partial charge in [-0.2, -0.15) is 0 Å². The fourth-order valence-electron chi connectivity index (χ4n) is 8.83. The zero-order valence-electron chi connectivity index (χ0n) is 32.0. The van der Waals surface area contributed by atoms with Gasteiger partial charge in [-0.05, 0) is 36.1 Å². The Balaban J connectivity index is 1.37. The summed E-state index contributed by atoms with van der Waals surface area (Å²) in [5.74, 6) is 0.627. The third-order valence-electron chi connectivity index (χ3n) is 11.1. The van der Waals surface area contributed by atoms with Crippen molar-refractivity contribution >= 4 is 46.8 Å². The molecule has 1 saturated heterocycles. The van der Waals surface area contributed by atoms with E-state index in [9.17, 15) is 15.0 Å². The summed E-state index contributed by atoms with van der Waals surface area (Å²) >= 11 is 18.1. The second-order valence-electron chi connectivity index (χ2n) is 14.6. The van der Waals surface area contributed by atoms with Crippen molar-refractivity contribution in [1.29, 1.82) is 0 Å². The standard InChI is InChI=1S/C42H41Cl3N2O11/c1-22-15-26-16-27-39(49)47-28(19-54-17-24-11-7-5-8-12-24)30-31(33(53-4)23(2)34-36(30)58-21-57-34)38(48)42(47,51)37(46(27)40(50)56-20-41(43,44)45)29(26)35(32(22)52-3)55-18-25-13-9-6-10-14-25/h5-15,27-28,37-38,48,51H,16-21H2,1-4H3/t27-,28-,37+,38-,42-/m0/s1. The van der Waals surface area contributed by atoms with Crippen molar-refractivity contribution in [3.8, 4) is 28.7 Å². The van der Waals surface area contributed by atoms with E-state index in [2.05, 4.69) is 0 Å². The van der Waals surface area contributed by atoms with E-state index in [4.69, 9.17) is 68.0 Å². The van der Waals surface area contributed by atoms with Gasteiger partial charge in [0.15, 0.2) is 28.7 Å². The first kappa shape index (κ1) is 40.2. The molecule has 4 aliphatic heterocycles. The molecule has 16 heteroatoms. The van der Waals surface area contributed by atoms with Crippen LogP contribution in [-0.2, 0) is 33.9 Å². The van der Waals surface area contributed by atoms with Gasteiger partial charge in [-0.25, -0.2) is 4.79 Å². The Morgan fingerprint density at radius 3 is 2.17 bits per heavy atom. The fraction of sp³-hybridized carbons (Fsp3) is 0.381. The molecular weight excluding hydrogens is 815 g/mol. The van der Waals surface area contributed by atoms with Crippen LogP contribution in [0, 0.1) is 13.8 Å². The Labute approximate surface area is 349 Å². The molecule has 306 valence electrons. The summed E-state index contributed by atoms with van der Waals surface area (Å²) in [4.78, 5) is 32.1. The first-order chi connectivity index (χ1) is 27.8. The number of methoxy groups -OCH3 is 2. The number of hydrogen-bond donors (Lipinski definition) is 2. The second kappa shape index (κ2) is 15.5. The molecule has 4 aromatic rings. The number of carbonyl (C=O) groups excluding carboxylic acids is 2. The van der Waals surface area contributed by atoms with E-state index in [1.54, 1.807) is 6.92 Å². The largest absolute Gasteiger partial charge is 0.496 e. The Morgan fingerprint density at radius 1 is 0.897 bits per heavy atom. The molecule has 0 aliphatic carbocycles. The summed E-state index contributed by atoms with van der Waals surface area (Å²) in [6.45, 7) is 2.79. The lowest BCUT2D eigenvalue weighted by Gasteiger charge is -2.62. The number of halogens is 3. The van der Waals surface area contributed by atoms with Crippen LogP contribution in [0.3, 0.4) is 0 Å². The minimum Gasteiger partial charge on any atom is -0.496 e. The van der Waals surface area contributed by atoms with Gasteiger partial charge in [0.1, 0.15) is 37.2 Å². The quantitative estimate of drug-likeness (QED) is 0.160. The lowest BCUT2D eigenvalue weighted by Crippen LogP contribution is -2.76. The van der Waals surface area contributed by atoms with E-state index in [1.807, 2.05) is 73.7 Å². The van der Waals surface area contributed by atoms with Crippen LogP contribution in [0.15, 0.2) is 66.7 Å². The predicted octanol–water partition coefficient (Wildman–Crippen LogP) is 6.94. The topological polar surface area (TPSA) is 146 Å². The molecule has 0 unspecified atom stereocenters. The predicted molar refractivity (Wildman–Crippen MR) is 212 cm³/mol. The van der Waals surface area contributed by atoms with E-state index in [0.29, 0.717) is 33.8 Å². The maximum absolute atomic E-state index is 15.3. The molecule has 2 bridgehead atoms. The highest BCUT2D eigenvalue weighted by Crippen LogP contribution is 2.64. The fourth-order valence-corrected chi connectivity index (χ4v) is 9.00. The molecule has 4 aliphatic rings. The number of nitrogens with zero attached hydrogens (tertiary/aromatic N) is 2. The van der Waals surface area contributed by atoms with E-state index < -0.39 is 52.4 Å². The zero-order chi connectivity index (χ0) is 41.1. The van der Waals surface area contributed by atoms with Crippen molar-refractivity contribution in [1.82, 2.24) is 9.80 Å². The summed E-state index contributed by atoms with van der Waals surface area (Å²) in [5, 5.41) is 26.6. The molecule has 4 aromatic carbocycles. The van der Waals surface area contributed by atoms with Crippen LogP contribution in [0.5, 0.6) is 28.7 Å². The summed E-state index contributed by atoms with van der Waals surface area (Å²) in [6, 6.07) is 16.7. The molecule has 8 rings (SSSR count). The number of aliphatic hydroxyl groups is 2. The van der Waals surface area contributed by atoms with Crippen LogP contribution < -0.4 is 23.7 Å². The third kappa shape index (κ3) is 6.61. The summed E-state index contributed by atoms with van der Waals surface area (Å²) < 4.78 is 40.3. The highest BCUT2D eigenvalue weighted by atomic mass is 35.6. The monoisotopic (exact) mass is 854 g/mol. The Hall–Kier alpha value is -4.63. The molecule has 1 fully saturated rings. The van der Waals surface area contributed by atoms with Crippen molar-refractivity contribution in [2.24, 2.45) is 0 Å². The number of carbonyl (C=O) groups is 2. The molecule has 4 heterocycles. The van der Waals surface area contributed by atoms with Crippen LogP contribution in [0.1, 0.15) is 62.7 Å². The summed E-state index contributed by atoms with van der Waals surface area (Å²) in [7, 11) is 2.91. The number of alkyl halides is 3. The number of aryl methyl sites for hydroxylation is 1. The van der Waals surface area contributed by atoms with Crippen molar-refractivity contribution in [3.05, 3.63) is 111 Å². The molecular formula is C42H41Cl3N2O11. The number of amides is 2. The Bertz CT molecular complexity index is 2240. The van der Waals surface area contributed by atoms with Gasteiger partial charge in [-0.1, -0.05) is 102 Å². The highest BCUT2D eigenvalue weighted by molar-refractivity contribution is 6.67. The zero-order valence-corrected chi connectivity index (χ0v) is 34.3. The van der Waals surface area contributed by atoms with Gasteiger partial charge in [0, 0.05) is 28.7 Å². The second-order valence-corrected chi connectivity index (χ2v) is 17.1. The average molecular weight is 856 g/mol. The molecule has 13 nitrogen and oxygen atoms in total. The maximum atomic E-state index is 15.3. The van der Waals surface area contributed by atoms with Gasteiger partial charge in [-0.3, -0.25) is 14.6 Å². The van der Waals surface area contributed by atoms with Crippen LogP contribution in [-0.4, -0.2) is 81.8 Å². The van der Waals surface area contributed by atoms with Gasteiger partial charge in [0.2, 0.25) is 16.5 Å². The summed E-state index contributed by atoms with van der Waals surface area (Å²) in [6.07, 6.45) is -3.07. The summed E-state index contributed by atoms with van der Waals surface area (Å²) in [5.41, 5.74) is 1.50. The molecule has 2 N–H and O–H groups in total. The van der Waals surface area contributed by atoms with Crippen molar-refractivity contribution in [3.63, 3.8) is 0 Å². The lowest BCUT2D eigenvalue weighted by atomic mass is 9.70. The molecule has 0 saturated carbocycles. The number of hydrogen-bond acceptors (Lipinski definition) is 11. The van der Waals surface area contributed by atoms with Crippen molar-refractivity contribution in [2.45, 2.75) is 67.2 Å². The number of aliphatic hydroxyl groups excluding tert-OH is 1. The van der Waals surface area contributed by atoms with Crippen LogP contribution in [0.25, 0.3) is 0 Å². The third-order valence-corrected chi connectivity index (χ3v) is 11.5. The first-order valence-electron chi connectivity index (χ1n) is 18.5. The van der Waals surface area contributed by atoms with Crippen LogP contribution in [0.4, 0.5) is 4.79 Å². The minimum atomic E-state index is -2.66. The van der Waals surface area contributed by atoms with Gasteiger partial charge < -0.3 is 43.4 Å². The number of rotatable bonds is 10. The average Bonchev–Trinajstić information content (AvgIpc) is 3.70.